The van der Waals surface area contributed by atoms with Crippen molar-refractivity contribution in [3.8, 4) is 0 Å². The number of rotatable bonds is 4. The van der Waals surface area contributed by atoms with Crippen molar-refractivity contribution in [3.05, 3.63) is 29.1 Å². The van der Waals surface area contributed by atoms with E-state index >= 15 is 0 Å². The molecule has 4 N–H and O–H groups in total. The van der Waals surface area contributed by atoms with Gasteiger partial charge in [0, 0.05) is 5.69 Å². The summed E-state index contributed by atoms with van der Waals surface area (Å²) in [7, 11) is -3.67. The van der Waals surface area contributed by atoms with Crippen LogP contribution in [0.3, 0.4) is 0 Å². The molecule has 0 atom stereocenters. The van der Waals surface area contributed by atoms with Gasteiger partial charge < -0.3 is 5.73 Å². The molecule has 1 aromatic carbocycles. The highest BCUT2D eigenvalue weighted by atomic mass is 32.2. The zero-order chi connectivity index (χ0) is 14.0. The fourth-order valence-electron chi connectivity index (χ4n) is 1.74. The van der Waals surface area contributed by atoms with Gasteiger partial charge in [0.05, 0.1) is 11.4 Å². The number of hydrogen-bond donors (Lipinski definition) is 3. The summed E-state index contributed by atoms with van der Waals surface area (Å²) in [6, 6.07) is 3.36. The summed E-state index contributed by atoms with van der Waals surface area (Å²) < 4.78 is 27.0. The van der Waals surface area contributed by atoms with Gasteiger partial charge >= 0.3 is 0 Å². The third-order valence-electron chi connectivity index (χ3n) is 2.72. The topological polar surface area (TPSA) is 127 Å². The van der Waals surface area contributed by atoms with Gasteiger partial charge in [0.15, 0.2) is 5.82 Å². The fraction of sp³-hybridized carbons (Fsp3) is 0.300. The van der Waals surface area contributed by atoms with Gasteiger partial charge in [-0.15, -0.1) is 10.2 Å². The molecule has 8 nitrogen and oxygen atoms in total. The largest absolute Gasteiger partial charge is 0.398 e. The van der Waals surface area contributed by atoms with E-state index < -0.39 is 10.0 Å². The van der Waals surface area contributed by atoms with Gasteiger partial charge in [-0.3, -0.25) is 0 Å². The quantitative estimate of drug-likeness (QED) is 0.671. The molecule has 0 saturated heterocycles. The maximum absolute atomic E-state index is 12.3. The van der Waals surface area contributed by atoms with Crippen LogP contribution in [0.5, 0.6) is 0 Å². The first kappa shape index (κ1) is 13.4. The van der Waals surface area contributed by atoms with Crippen molar-refractivity contribution in [3.63, 3.8) is 0 Å². The monoisotopic (exact) mass is 282 g/mol. The van der Waals surface area contributed by atoms with E-state index in [4.69, 9.17) is 5.73 Å². The number of benzene rings is 1. The molecule has 0 aliphatic carbocycles. The average Bonchev–Trinajstić information content (AvgIpc) is 2.85. The summed E-state index contributed by atoms with van der Waals surface area (Å²) >= 11 is 0. The molecule has 2 rings (SSSR count). The third-order valence-corrected chi connectivity index (χ3v) is 4.41. The Bertz CT molecular complexity index is 680. The number of nitrogen functional groups attached to an aromatic ring is 1. The summed E-state index contributed by atoms with van der Waals surface area (Å²) in [5.74, 6) is 0.266. The number of tetrazole rings is 1. The molecule has 0 unspecified atom stereocenters. The second kappa shape index (κ2) is 4.94. The first-order valence-corrected chi connectivity index (χ1v) is 6.98. The molecule has 0 bridgehead atoms. The van der Waals surface area contributed by atoms with Crippen LogP contribution < -0.4 is 10.5 Å². The van der Waals surface area contributed by atoms with Crippen molar-refractivity contribution in [2.75, 3.05) is 5.73 Å². The highest BCUT2D eigenvalue weighted by molar-refractivity contribution is 7.89. The lowest BCUT2D eigenvalue weighted by Gasteiger charge is -2.12. The second-order valence-electron chi connectivity index (χ2n) is 4.08. The van der Waals surface area contributed by atoms with E-state index in [-0.39, 0.29) is 17.3 Å². The van der Waals surface area contributed by atoms with Gasteiger partial charge in [-0.1, -0.05) is 11.3 Å². The van der Waals surface area contributed by atoms with Crippen LogP contribution in [0.4, 0.5) is 5.69 Å². The van der Waals surface area contributed by atoms with Crippen LogP contribution in [-0.4, -0.2) is 29.0 Å². The van der Waals surface area contributed by atoms with E-state index in [0.29, 0.717) is 16.8 Å². The van der Waals surface area contributed by atoms with Crippen molar-refractivity contribution in [1.82, 2.24) is 25.3 Å². The number of sulfonamides is 1. The van der Waals surface area contributed by atoms with E-state index in [1.165, 1.54) is 0 Å². The molecule has 0 amide bonds. The van der Waals surface area contributed by atoms with Crippen molar-refractivity contribution in [1.29, 1.82) is 0 Å². The molecule has 0 spiro atoms. The van der Waals surface area contributed by atoms with Crippen molar-refractivity contribution in [2.45, 2.75) is 25.3 Å². The number of anilines is 1. The normalized spacial score (nSPS) is 11.7. The molecule has 102 valence electrons. The number of aryl methyl sites for hydroxylation is 1. The van der Waals surface area contributed by atoms with Gasteiger partial charge in [0.1, 0.15) is 0 Å². The number of aromatic amines is 1. The molecule has 0 radical (unpaired) electrons. The zero-order valence-corrected chi connectivity index (χ0v) is 11.3. The Balaban J connectivity index is 2.32. The average molecular weight is 282 g/mol. The molecule has 19 heavy (non-hydrogen) atoms. The second-order valence-corrected chi connectivity index (χ2v) is 5.78. The lowest BCUT2D eigenvalue weighted by Crippen LogP contribution is -2.25. The molecule has 0 fully saturated rings. The maximum Gasteiger partial charge on any atom is 0.241 e. The number of hydrogen-bond acceptors (Lipinski definition) is 6. The molecular weight excluding hydrogens is 268 g/mol. The van der Waals surface area contributed by atoms with E-state index in [0.717, 1.165) is 0 Å². The van der Waals surface area contributed by atoms with E-state index in [1.807, 2.05) is 0 Å². The molecule has 2 aromatic rings. The Morgan fingerprint density at radius 2 is 2.11 bits per heavy atom. The van der Waals surface area contributed by atoms with Gasteiger partial charge in [0.2, 0.25) is 10.0 Å². The lowest BCUT2D eigenvalue weighted by molar-refractivity contribution is 0.578. The van der Waals surface area contributed by atoms with Gasteiger partial charge in [0.25, 0.3) is 0 Å². The summed E-state index contributed by atoms with van der Waals surface area (Å²) in [5.41, 5.74) is 7.34. The smallest absolute Gasteiger partial charge is 0.241 e. The minimum atomic E-state index is -3.67. The number of nitrogens with zero attached hydrogens (tertiary/aromatic N) is 3. The molecule has 0 aliphatic rings. The van der Waals surface area contributed by atoms with Crippen LogP contribution >= 0.6 is 0 Å². The molecule has 0 saturated carbocycles. The van der Waals surface area contributed by atoms with Crippen LogP contribution in [0.25, 0.3) is 0 Å². The molecule has 9 heteroatoms. The van der Waals surface area contributed by atoms with Crippen LogP contribution in [0.15, 0.2) is 17.0 Å². The SMILES string of the molecule is Cc1ccc(N)c(C)c1S(=O)(=O)NCc1nn[nH]n1. The summed E-state index contributed by atoms with van der Waals surface area (Å²) in [5, 5.41) is 13.0. The van der Waals surface area contributed by atoms with E-state index in [9.17, 15) is 8.42 Å². The Morgan fingerprint density at radius 3 is 2.74 bits per heavy atom. The number of nitrogens with one attached hydrogen (secondary N) is 2. The number of nitrogens with two attached hydrogens (primary N) is 1. The summed E-state index contributed by atoms with van der Waals surface area (Å²) in [4.78, 5) is 0.191. The van der Waals surface area contributed by atoms with Crippen LogP contribution in [0, 0.1) is 13.8 Å². The van der Waals surface area contributed by atoms with Crippen LogP contribution in [0.2, 0.25) is 0 Å². The third kappa shape index (κ3) is 2.71. The number of aromatic nitrogens is 4. The molecule has 1 aromatic heterocycles. The Labute approximate surface area is 110 Å². The maximum atomic E-state index is 12.3. The molecule has 0 aliphatic heterocycles. The van der Waals surface area contributed by atoms with Gasteiger partial charge in [-0.25, -0.2) is 13.1 Å². The Kier molecular flexibility index (Phi) is 3.49. The highest BCUT2D eigenvalue weighted by Gasteiger charge is 2.21. The first-order valence-electron chi connectivity index (χ1n) is 5.49. The molecule has 1 heterocycles. The lowest BCUT2D eigenvalue weighted by atomic mass is 10.1. The Hall–Kier alpha value is -2.00. The fourth-order valence-corrected chi connectivity index (χ4v) is 3.22. The van der Waals surface area contributed by atoms with E-state index in [2.05, 4.69) is 25.3 Å². The standard InChI is InChI=1S/C10H14N6O2S/c1-6-3-4-8(11)7(2)10(6)19(17,18)12-5-9-13-15-16-14-9/h3-4,12H,5,11H2,1-2H3,(H,13,14,15,16). The summed E-state index contributed by atoms with van der Waals surface area (Å²) in [6.07, 6.45) is 0. The van der Waals surface area contributed by atoms with Crippen molar-refractivity contribution in [2.24, 2.45) is 0 Å². The summed E-state index contributed by atoms with van der Waals surface area (Å²) in [6.45, 7) is 3.35. The van der Waals surface area contributed by atoms with Crippen molar-refractivity contribution < 1.29 is 8.42 Å². The predicted molar refractivity (Wildman–Crippen MR) is 68.5 cm³/mol. The van der Waals surface area contributed by atoms with Crippen LogP contribution in [-0.2, 0) is 16.6 Å². The van der Waals surface area contributed by atoms with Crippen LogP contribution in [0.1, 0.15) is 17.0 Å². The minimum absolute atomic E-state index is 0.0352. The number of H-pyrrole nitrogens is 1. The first-order chi connectivity index (χ1) is 8.92. The molecular formula is C10H14N6O2S. The van der Waals surface area contributed by atoms with Crippen molar-refractivity contribution >= 4 is 15.7 Å². The Morgan fingerprint density at radius 1 is 1.37 bits per heavy atom. The van der Waals surface area contributed by atoms with Gasteiger partial charge in [-0.2, -0.15) is 5.21 Å². The predicted octanol–water partition coefficient (Wildman–Crippen LogP) is -0.123. The van der Waals surface area contributed by atoms with E-state index in [1.54, 1.807) is 26.0 Å². The van der Waals surface area contributed by atoms with Gasteiger partial charge in [-0.05, 0) is 31.0 Å². The highest BCUT2D eigenvalue weighted by Crippen LogP contribution is 2.24. The minimum Gasteiger partial charge on any atom is -0.398 e. The zero-order valence-electron chi connectivity index (χ0n) is 10.5.